The van der Waals surface area contributed by atoms with Gasteiger partial charge < -0.3 is 9.47 Å². The first kappa shape index (κ1) is 20.9. The zero-order valence-corrected chi connectivity index (χ0v) is 18.1. The van der Waals surface area contributed by atoms with Gasteiger partial charge in [-0.3, -0.25) is 4.57 Å². The third-order valence-corrected chi connectivity index (χ3v) is 5.68. The van der Waals surface area contributed by atoms with Crippen molar-refractivity contribution in [2.45, 2.75) is 23.9 Å². The molecule has 1 heterocycles. The van der Waals surface area contributed by atoms with Gasteiger partial charge in [0.05, 0.1) is 7.11 Å². The van der Waals surface area contributed by atoms with Crippen molar-refractivity contribution in [2.24, 2.45) is 0 Å². The van der Waals surface area contributed by atoms with E-state index in [-0.39, 0.29) is 11.9 Å². The first-order chi connectivity index (χ1) is 15.2. The van der Waals surface area contributed by atoms with Gasteiger partial charge in [-0.15, -0.1) is 10.2 Å². The highest BCUT2D eigenvalue weighted by molar-refractivity contribution is 7.98. The van der Waals surface area contributed by atoms with Crippen molar-refractivity contribution >= 4 is 11.8 Å². The summed E-state index contributed by atoms with van der Waals surface area (Å²) in [5, 5.41) is 9.46. The van der Waals surface area contributed by atoms with Gasteiger partial charge in [-0.2, -0.15) is 0 Å². The van der Waals surface area contributed by atoms with Gasteiger partial charge >= 0.3 is 0 Å². The Kier molecular flexibility index (Phi) is 6.52. The fourth-order valence-electron chi connectivity index (χ4n) is 3.15. The number of benzene rings is 3. The van der Waals surface area contributed by atoms with Crippen molar-refractivity contribution in [1.29, 1.82) is 0 Å². The van der Waals surface area contributed by atoms with Crippen molar-refractivity contribution in [3.05, 3.63) is 96.1 Å². The number of ether oxygens (including phenoxy) is 2. The molecule has 4 aromatic rings. The number of rotatable bonds is 8. The van der Waals surface area contributed by atoms with Crippen molar-refractivity contribution in [3.8, 4) is 17.2 Å². The van der Waals surface area contributed by atoms with E-state index in [1.807, 2.05) is 72.2 Å². The van der Waals surface area contributed by atoms with E-state index in [2.05, 4.69) is 10.2 Å². The molecule has 7 heteroatoms. The Labute approximate surface area is 184 Å². The van der Waals surface area contributed by atoms with E-state index in [4.69, 9.17) is 9.47 Å². The standard InChI is InChI=1S/C24H22FN3O2S/c1-17(30-21-13-8-12-20(15-21)29-2)23-26-27-24(28(23)19-10-4-3-5-11-19)31-16-18-9-6-7-14-22(18)25/h3-15,17H,16H2,1-2H3. The lowest BCUT2D eigenvalue weighted by molar-refractivity contribution is 0.212. The van der Waals surface area contributed by atoms with Crippen molar-refractivity contribution < 1.29 is 13.9 Å². The molecule has 0 saturated heterocycles. The number of hydrogen-bond acceptors (Lipinski definition) is 5. The minimum atomic E-state index is -0.373. The van der Waals surface area contributed by atoms with Gasteiger partial charge in [0.25, 0.3) is 0 Å². The third-order valence-electron chi connectivity index (χ3n) is 4.71. The van der Waals surface area contributed by atoms with Crippen LogP contribution in [-0.4, -0.2) is 21.9 Å². The van der Waals surface area contributed by atoms with Gasteiger partial charge in [0.2, 0.25) is 0 Å². The first-order valence-corrected chi connectivity index (χ1v) is 10.8. The van der Waals surface area contributed by atoms with E-state index in [0.717, 1.165) is 11.4 Å². The van der Waals surface area contributed by atoms with Crippen molar-refractivity contribution in [3.63, 3.8) is 0 Å². The van der Waals surface area contributed by atoms with Crippen LogP contribution in [0.4, 0.5) is 4.39 Å². The summed E-state index contributed by atoms with van der Waals surface area (Å²) < 4.78 is 27.4. The van der Waals surface area contributed by atoms with Crippen LogP contribution >= 0.6 is 11.8 Å². The second kappa shape index (κ2) is 9.66. The predicted molar refractivity (Wildman–Crippen MR) is 119 cm³/mol. The molecule has 31 heavy (non-hydrogen) atoms. The lowest BCUT2D eigenvalue weighted by atomic mass is 10.2. The molecule has 0 spiro atoms. The summed E-state index contributed by atoms with van der Waals surface area (Å²) in [6.07, 6.45) is -0.373. The quantitative estimate of drug-likeness (QED) is 0.325. The summed E-state index contributed by atoms with van der Waals surface area (Å²) in [4.78, 5) is 0. The summed E-state index contributed by atoms with van der Waals surface area (Å²) in [5.74, 6) is 2.27. The Hall–Kier alpha value is -3.32. The maximum atomic E-state index is 14.1. The molecule has 0 aliphatic carbocycles. The fraction of sp³-hybridized carbons (Fsp3) is 0.167. The zero-order chi connectivity index (χ0) is 21.6. The number of nitrogens with zero attached hydrogens (tertiary/aromatic N) is 3. The zero-order valence-electron chi connectivity index (χ0n) is 17.2. The number of methoxy groups -OCH3 is 1. The first-order valence-electron chi connectivity index (χ1n) is 9.83. The van der Waals surface area contributed by atoms with Crippen molar-refractivity contribution in [2.75, 3.05) is 7.11 Å². The van der Waals surface area contributed by atoms with Crippen LogP contribution < -0.4 is 9.47 Å². The van der Waals surface area contributed by atoms with Crippen LogP contribution in [0.2, 0.25) is 0 Å². The minimum Gasteiger partial charge on any atom is -0.497 e. The molecule has 3 aromatic carbocycles. The normalized spacial score (nSPS) is 11.8. The molecule has 1 unspecified atom stereocenters. The molecule has 1 aromatic heterocycles. The molecule has 5 nitrogen and oxygen atoms in total. The Morgan fingerprint density at radius 3 is 2.45 bits per heavy atom. The SMILES string of the molecule is COc1cccc(OC(C)c2nnc(SCc3ccccc3F)n2-c2ccccc2)c1. The van der Waals surface area contributed by atoms with Gasteiger partial charge in [0, 0.05) is 17.5 Å². The highest BCUT2D eigenvalue weighted by Crippen LogP contribution is 2.30. The number of hydrogen-bond donors (Lipinski definition) is 0. The second-order valence-electron chi connectivity index (χ2n) is 6.83. The van der Waals surface area contributed by atoms with Crippen LogP contribution in [0.25, 0.3) is 5.69 Å². The summed E-state index contributed by atoms with van der Waals surface area (Å²) in [7, 11) is 1.62. The summed E-state index contributed by atoms with van der Waals surface area (Å²) in [6.45, 7) is 1.92. The number of thioether (sulfide) groups is 1. The van der Waals surface area contributed by atoms with Crippen LogP contribution in [0.3, 0.4) is 0 Å². The molecular formula is C24H22FN3O2S. The van der Waals surface area contributed by atoms with E-state index in [1.165, 1.54) is 17.8 Å². The average Bonchev–Trinajstić information content (AvgIpc) is 3.23. The van der Waals surface area contributed by atoms with Crippen LogP contribution in [0, 0.1) is 5.82 Å². The van der Waals surface area contributed by atoms with Crippen LogP contribution in [0.15, 0.2) is 84.0 Å². The average molecular weight is 436 g/mol. The van der Waals surface area contributed by atoms with E-state index in [1.54, 1.807) is 19.2 Å². The largest absolute Gasteiger partial charge is 0.497 e. The molecular weight excluding hydrogens is 413 g/mol. The minimum absolute atomic E-state index is 0.226. The lowest BCUT2D eigenvalue weighted by Gasteiger charge is -2.17. The maximum Gasteiger partial charge on any atom is 0.196 e. The number of aromatic nitrogens is 3. The van der Waals surface area contributed by atoms with Gasteiger partial charge in [-0.1, -0.05) is 54.2 Å². The Bertz CT molecular complexity index is 1150. The molecule has 0 saturated carbocycles. The van der Waals surface area contributed by atoms with E-state index < -0.39 is 0 Å². The molecule has 0 radical (unpaired) electrons. The number of para-hydroxylation sites is 1. The van der Waals surface area contributed by atoms with Gasteiger partial charge in [-0.25, -0.2) is 4.39 Å². The number of halogens is 1. The second-order valence-corrected chi connectivity index (χ2v) is 7.77. The van der Waals surface area contributed by atoms with Gasteiger partial charge in [0.1, 0.15) is 17.3 Å². The monoisotopic (exact) mass is 435 g/mol. The molecule has 1 atom stereocenters. The molecule has 158 valence electrons. The van der Waals surface area contributed by atoms with Gasteiger partial charge in [-0.05, 0) is 42.8 Å². The van der Waals surface area contributed by atoms with E-state index in [9.17, 15) is 4.39 Å². The molecule has 0 bridgehead atoms. The van der Waals surface area contributed by atoms with Gasteiger partial charge in [0.15, 0.2) is 17.1 Å². The topological polar surface area (TPSA) is 49.2 Å². The van der Waals surface area contributed by atoms with E-state index >= 15 is 0 Å². The third kappa shape index (κ3) is 4.88. The molecule has 0 aliphatic heterocycles. The summed E-state index contributed by atoms with van der Waals surface area (Å²) in [5.41, 5.74) is 1.54. The molecule has 0 fully saturated rings. The maximum absolute atomic E-state index is 14.1. The highest BCUT2D eigenvalue weighted by Gasteiger charge is 2.21. The van der Waals surface area contributed by atoms with E-state index in [0.29, 0.717) is 28.0 Å². The lowest BCUT2D eigenvalue weighted by Crippen LogP contribution is -2.11. The smallest absolute Gasteiger partial charge is 0.196 e. The fourth-order valence-corrected chi connectivity index (χ4v) is 4.09. The molecule has 4 rings (SSSR count). The Balaban J connectivity index is 1.63. The van der Waals surface area contributed by atoms with Crippen LogP contribution in [-0.2, 0) is 5.75 Å². The Morgan fingerprint density at radius 2 is 1.68 bits per heavy atom. The summed E-state index contributed by atoms with van der Waals surface area (Å²) in [6, 6.07) is 24.0. The van der Waals surface area contributed by atoms with Crippen LogP contribution in [0.1, 0.15) is 24.4 Å². The Morgan fingerprint density at radius 1 is 0.935 bits per heavy atom. The van der Waals surface area contributed by atoms with Crippen molar-refractivity contribution in [1.82, 2.24) is 14.8 Å². The molecule has 0 N–H and O–H groups in total. The highest BCUT2D eigenvalue weighted by atomic mass is 32.2. The van der Waals surface area contributed by atoms with Crippen LogP contribution in [0.5, 0.6) is 11.5 Å². The molecule has 0 amide bonds. The predicted octanol–water partition coefficient (Wildman–Crippen LogP) is 5.85. The molecule has 0 aliphatic rings. The summed E-state index contributed by atoms with van der Waals surface area (Å²) >= 11 is 1.43.